The van der Waals surface area contributed by atoms with Crippen LogP contribution in [0.25, 0.3) is 0 Å². The predicted octanol–water partition coefficient (Wildman–Crippen LogP) is 1.80. The lowest BCUT2D eigenvalue weighted by atomic mass is 9.67. The van der Waals surface area contributed by atoms with Gasteiger partial charge in [-0.05, 0) is 27.3 Å². The van der Waals surface area contributed by atoms with Gasteiger partial charge in [0.05, 0.1) is 13.2 Å². The summed E-state index contributed by atoms with van der Waals surface area (Å²) in [6.07, 6.45) is 2.51. The Kier molecular flexibility index (Phi) is 2.79. The minimum absolute atomic E-state index is 0.210. The zero-order chi connectivity index (χ0) is 9.24. The lowest BCUT2D eigenvalue weighted by molar-refractivity contribution is -0.158. The van der Waals surface area contributed by atoms with E-state index in [0.717, 1.165) is 13.2 Å². The van der Waals surface area contributed by atoms with Crippen molar-refractivity contribution in [1.29, 1.82) is 0 Å². The van der Waals surface area contributed by atoms with Crippen LogP contribution in [-0.4, -0.2) is 25.8 Å². The molecule has 0 amide bonds. The zero-order valence-electron chi connectivity index (χ0n) is 8.74. The Hall–Kier alpha value is -0.0800. The molecular weight excluding hydrogens is 150 g/mol. The van der Waals surface area contributed by atoms with E-state index in [1.807, 2.05) is 7.05 Å². The van der Waals surface area contributed by atoms with Gasteiger partial charge in [0.15, 0.2) is 0 Å². The maximum Gasteiger partial charge on any atom is 0.0562 e. The molecule has 0 spiro atoms. The lowest BCUT2D eigenvalue weighted by Gasteiger charge is -2.52. The van der Waals surface area contributed by atoms with Crippen LogP contribution in [0.3, 0.4) is 0 Å². The van der Waals surface area contributed by atoms with Gasteiger partial charge in [0.2, 0.25) is 0 Å². The molecule has 2 heteroatoms. The minimum Gasteiger partial charge on any atom is -0.380 e. The molecule has 1 fully saturated rings. The Bertz CT molecular complexity index is 150. The van der Waals surface area contributed by atoms with Gasteiger partial charge in [-0.15, -0.1) is 0 Å². The zero-order valence-corrected chi connectivity index (χ0v) is 8.74. The molecule has 72 valence electrons. The fourth-order valence-electron chi connectivity index (χ4n) is 1.91. The van der Waals surface area contributed by atoms with E-state index in [-0.39, 0.29) is 5.54 Å². The topological polar surface area (TPSA) is 21.3 Å². The average molecular weight is 171 g/mol. The summed E-state index contributed by atoms with van der Waals surface area (Å²) in [5.41, 5.74) is 0.595. The molecule has 12 heavy (non-hydrogen) atoms. The van der Waals surface area contributed by atoms with Gasteiger partial charge in [-0.25, -0.2) is 0 Å². The van der Waals surface area contributed by atoms with E-state index >= 15 is 0 Å². The van der Waals surface area contributed by atoms with Crippen LogP contribution in [0.5, 0.6) is 0 Å². The molecule has 1 aliphatic rings. The molecule has 0 saturated carbocycles. The van der Waals surface area contributed by atoms with E-state index in [2.05, 4.69) is 26.1 Å². The molecule has 0 bridgehead atoms. The van der Waals surface area contributed by atoms with Crippen molar-refractivity contribution in [1.82, 2.24) is 5.32 Å². The van der Waals surface area contributed by atoms with Crippen LogP contribution in [0.15, 0.2) is 0 Å². The Balaban J connectivity index is 2.65. The van der Waals surface area contributed by atoms with Crippen molar-refractivity contribution in [2.75, 3.05) is 20.3 Å². The number of hydrogen-bond donors (Lipinski definition) is 1. The maximum atomic E-state index is 5.34. The van der Waals surface area contributed by atoms with Gasteiger partial charge in [0.1, 0.15) is 0 Å². The van der Waals surface area contributed by atoms with Crippen LogP contribution in [0.4, 0.5) is 0 Å². The van der Waals surface area contributed by atoms with E-state index in [1.54, 1.807) is 0 Å². The first-order valence-electron chi connectivity index (χ1n) is 4.85. The highest BCUT2D eigenvalue weighted by Gasteiger charge is 2.49. The van der Waals surface area contributed by atoms with Gasteiger partial charge < -0.3 is 10.1 Å². The van der Waals surface area contributed by atoms with Gasteiger partial charge in [0.25, 0.3) is 0 Å². The Morgan fingerprint density at radius 2 is 2.00 bits per heavy atom. The molecule has 0 aliphatic carbocycles. The van der Waals surface area contributed by atoms with Crippen LogP contribution in [0.1, 0.15) is 33.6 Å². The van der Waals surface area contributed by atoms with E-state index in [9.17, 15) is 0 Å². The van der Waals surface area contributed by atoms with E-state index in [1.165, 1.54) is 12.8 Å². The summed E-state index contributed by atoms with van der Waals surface area (Å²) in [6, 6.07) is 0. The van der Waals surface area contributed by atoms with Crippen molar-refractivity contribution in [2.24, 2.45) is 5.41 Å². The SMILES string of the molecule is CCCC1(C(C)(C)NC)COC1. The highest BCUT2D eigenvalue weighted by Crippen LogP contribution is 2.42. The fourth-order valence-corrected chi connectivity index (χ4v) is 1.91. The van der Waals surface area contributed by atoms with E-state index < -0.39 is 0 Å². The highest BCUT2D eigenvalue weighted by molar-refractivity contribution is 5.02. The van der Waals surface area contributed by atoms with Crippen LogP contribution in [0, 0.1) is 5.41 Å². The molecule has 1 aliphatic heterocycles. The normalized spacial score (nSPS) is 22.0. The number of rotatable bonds is 4. The van der Waals surface area contributed by atoms with Crippen LogP contribution in [0.2, 0.25) is 0 Å². The Labute approximate surface area is 75.7 Å². The van der Waals surface area contributed by atoms with E-state index in [0.29, 0.717) is 5.41 Å². The predicted molar refractivity (Wildman–Crippen MR) is 51.3 cm³/mol. The molecule has 1 N–H and O–H groups in total. The third-order valence-corrected chi connectivity index (χ3v) is 3.44. The molecule has 0 aromatic carbocycles. The monoisotopic (exact) mass is 171 g/mol. The quantitative estimate of drug-likeness (QED) is 0.696. The van der Waals surface area contributed by atoms with Crippen molar-refractivity contribution in [3.05, 3.63) is 0 Å². The molecule has 2 nitrogen and oxygen atoms in total. The van der Waals surface area contributed by atoms with E-state index in [4.69, 9.17) is 4.74 Å². The Morgan fingerprint density at radius 3 is 2.25 bits per heavy atom. The maximum absolute atomic E-state index is 5.34. The first-order valence-corrected chi connectivity index (χ1v) is 4.85. The first kappa shape index (κ1) is 10.0. The van der Waals surface area contributed by atoms with Crippen LogP contribution >= 0.6 is 0 Å². The molecule has 0 aromatic heterocycles. The molecule has 1 rings (SSSR count). The van der Waals surface area contributed by atoms with Gasteiger partial charge in [0, 0.05) is 11.0 Å². The summed E-state index contributed by atoms with van der Waals surface area (Å²) in [5, 5.41) is 3.39. The third-order valence-electron chi connectivity index (χ3n) is 3.44. The second-order valence-corrected chi connectivity index (χ2v) is 4.40. The van der Waals surface area contributed by atoms with Crippen molar-refractivity contribution >= 4 is 0 Å². The van der Waals surface area contributed by atoms with Gasteiger partial charge in [-0.1, -0.05) is 13.3 Å². The molecule has 0 unspecified atom stereocenters. The number of hydrogen-bond acceptors (Lipinski definition) is 2. The average Bonchev–Trinajstić information content (AvgIpc) is 1.96. The van der Waals surface area contributed by atoms with Crippen LogP contribution in [-0.2, 0) is 4.74 Å². The summed E-state index contributed by atoms with van der Waals surface area (Å²) in [6.45, 7) is 8.63. The molecule has 1 heterocycles. The lowest BCUT2D eigenvalue weighted by Crippen LogP contribution is -2.62. The third kappa shape index (κ3) is 1.38. The molecule has 0 aromatic rings. The van der Waals surface area contributed by atoms with Crippen molar-refractivity contribution in [3.63, 3.8) is 0 Å². The number of ether oxygens (including phenoxy) is 1. The van der Waals surface area contributed by atoms with Gasteiger partial charge in [-0.2, -0.15) is 0 Å². The van der Waals surface area contributed by atoms with Crippen molar-refractivity contribution < 1.29 is 4.74 Å². The van der Waals surface area contributed by atoms with Crippen LogP contribution < -0.4 is 5.32 Å². The second-order valence-electron chi connectivity index (χ2n) is 4.40. The molecule has 1 saturated heterocycles. The number of nitrogens with one attached hydrogen (secondary N) is 1. The van der Waals surface area contributed by atoms with Crippen molar-refractivity contribution in [3.8, 4) is 0 Å². The van der Waals surface area contributed by atoms with Gasteiger partial charge in [-0.3, -0.25) is 0 Å². The van der Waals surface area contributed by atoms with Gasteiger partial charge >= 0.3 is 0 Å². The summed E-state index contributed by atoms with van der Waals surface area (Å²) in [7, 11) is 2.04. The summed E-state index contributed by atoms with van der Waals surface area (Å²) in [4.78, 5) is 0. The molecule has 0 radical (unpaired) electrons. The Morgan fingerprint density at radius 1 is 1.42 bits per heavy atom. The smallest absolute Gasteiger partial charge is 0.0562 e. The molecule has 0 atom stereocenters. The van der Waals surface area contributed by atoms with Crippen molar-refractivity contribution in [2.45, 2.75) is 39.2 Å². The highest BCUT2D eigenvalue weighted by atomic mass is 16.5. The summed E-state index contributed by atoms with van der Waals surface area (Å²) in [5.74, 6) is 0. The summed E-state index contributed by atoms with van der Waals surface area (Å²) >= 11 is 0. The fraction of sp³-hybridized carbons (Fsp3) is 1.00. The first-order chi connectivity index (χ1) is 5.58. The molecular formula is C10H21NO. The standard InChI is InChI=1S/C10H21NO/c1-5-6-10(7-12-8-10)9(2,3)11-4/h11H,5-8H2,1-4H3. The second kappa shape index (κ2) is 3.35. The largest absolute Gasteiger partial charge is 0.380 e. The minimum atomic E-state index is 0.210. The summed E-state index contributed by atoms with van der Waals surface area (Å²) < 4.78 is 5.34.